The molecule has 0 saturated carbocycles. The van der Waals surface area contributed by atoms with Gasteiger partial charge in [0.1, 0.15) is 0 Å². The third-order valence-electron chi connectivity index (χ3n) is 4.38. The number of piperidine rings is 1. The van der Waals surface area contributed by atoms with Gasteiger partial charge in [0.05, 0.1) is 5.56 Å². The maximum absolute atomic E-state index is 12.9. The van der Waals surface area contributed by atoms with Crippen molar-refractivity contribution >= 4 is 23.4 Å². The molecule has 4 nitrogen and oxygen atoms in total. The van der Waals surface area contributed by atoms with Gasteiger partial charge in [0.2, 0.25) is 0 Å². The minimum Gasteiger partial charge on any atom is -0.465 e. The van der Waals surface area contributed by atoms with Gasteiger partial charge in [-0.1, -0.05) is 0 Å². The van der Waals surface area contributed by atoms with Crippen molar-refractivity contribution in [3.8, 4) is 0 Å². The summed E-state index contributed by atoms with van der Waals surface area (Å²) >= 11 is 5.88. The highest BCUT2D eigenvalue weighted by Gasteiger charge is 2.32. The molecule has 1 fully saturated rings. The smallest absolute Gasteiger partial charge is 0.416 e. The number of carboxylic acid groups (broad SMARTS) is 1. The van der Waals surface area contributed by atoms with E-state index in [1.807, 2.05) is 11.8 Å². The molecule has 1 heterocycles. The second kappa shape index (κ2) is 7.51. The van der Waals surface area contributed by atoms with Gasteiger partial charge >= 0.3 is 12.3 Å². The molecule has 0 atom stereocenters. The number of alkyl halides is 4. The molecule has 0 spiro atoms. The molecule has 1 saturated heterocycles. The van der Waals surface area contributed by atoms with E-state index in [-0.39, 0.29) is 11.9 Å². The normalized spacial score (nSPS) is 16.3. The Morgan fingerprint density at radius 1 is 1.38 bits per heavy atom. The first-order valence-electron chi connectivity index (χ1n) is 7.78. The second-order valence-corrected chi connectivity index (χ2v) is 6.03. The van der Waals surface area contributed by atoms with E-state index in [4.69, 9.17) is 16.7 Å². The number of likely N-dealkylation sites (tertiary alicyclic amines) is 1. The Hall–Kier alpha value is -1.63. The molecule has 2 rings (SSSR count). The van der Waals surface area contributed by atoms with Crippen molar-refractivity contribution in [1.29, 1.82) is 0 Å². The second-order valence-electron chi connectivity index (χ2n) is 5.76. The minimum atomic E-state index is -4.40. The molecule has 8 heteroatoms. The number of halogens is 4. The van der Waals surface area contributed by atoms with Crippen LogP contribution in [0.25, 0.3) is 0 Å². The fourth-order valence-electron chi connectivity index (χ4n) is 3.14. The Bertz CT molecular complexity index is 587. The van der Waals surface area contributed by atoms with E-state index in [9.17, 15) is 18.0 Å². The fraction of sp³-hybridized carbons (Fsp3) is 0.562. The van der Waals surface area contributed by atoms with Crippen LogP contribution in [0.4, 0.5) is 23.7 Å². The number of anilines is 1. The van der Waals surface area contributed by atoms with E-state index in [1.54, 1.807) is 0 Å². The average Bonchev–Trinajstić information content (AvgIpc) is 2.55. The lowest BCUT2D eigenvalue weighted by atomic mass is 10.0. The molecule has 0 aromatic heterocycles. The molecule has 1 aliphatic heterocycles. The summed E-state index contributed by atoms with van der Waals surface area (Å²) in [5.41, 5.74) is 0.418. The molecular weight excluding hydrogens is 345 g/mol. The lowest BCUT2D eigenvalue weighted by molar-refractivity contribution is -0.137. The molecule has 0 unspecified atom stereocenters. The summed E-state index contributed by atoms with van der Waals surface area (Å²) in [6.07, 6.45) is -4.05. The average molecular weight is 365 g/mol. The number of carbonyl (C=O) groups is 1. The number of amides is 1. The number of hydrogen-bond donors (Lipinski definition) is 1. The lowest BCUT2D eigenvalue weighted by Crippen LogP contribution is -2.46. The molecule has 24 heavy (non-hydrogen) atoms. The van der Waals surface area contributed by atoms with Crippen molar-refractivity contribution in [2.75, 3.05) is 24.5 Å². The first kappa shape index (κ1) is 18.7. The summed E-state index contributed by atoms with van der Waals surface area (Å²) in [7, 11) is 0. The quantitative estimate of drug-likeness (QED) is 0.805. The monoisotopic (exact) mass is 364 g/mol. The van der Waals surface area contributed by atoms with E-state index in [0.717, 1.165) is 12.1 Å². The van der Waals surface area contributed by atoms with Gasteiger partial charge in [0.25, 0.3) is 0 Å². The van der Waals surface area contributed by atoms with E-state index in [0.29, 0.717) is 43.7 Å². The SMILES string of the molecule is CCN(c1ccc(C(F)(F)F)cc1CCl)C1CCN(C(=O)O)CC1. The van der Waals surface area contributed by atoms with Gasteiger partial charge < -0.3 is 14.9 Å². The number of hydrogen-bond acceptors (Lipinski definition) is 2. The van der Waals surface area contributed by atoms with Gasteiger partial charge in [0, 0.05) is 37.2 Å². The van der Waals surface area contributed by atoms with Crippen LogP contribution in [0.5, 0.6) is 0 Å². The molecule has 1 aromatic carbocycles. The Labute approximate surface area is 143 Å². The number of benzene rings is 1. The molecule has 0 radical (unpaired) electrons. The van der Waals surface area contributed by atoms with Crippen molar-refractivity contribution < 1.29 is 23.1 Å². The zero-order valence-electron chi connectivity index (χ0n) is 13.3. The Morgan fingerprint density at radius 3 is 2.46 bits per heavy atom. The number of nitrogens with zero attached hydrogens (tertiary/aromatic N) is 2. The maximum Gasteiger partial charge on any atom is 0.416 e. The molecular formula is C16H20ClF3N2O2. The molecule has 1 amide bonds. The standard InChI is InChI=1S/C16H20ClF3N2O2/c1-2-22(13-5-7-21(8-6-13)15(23)24)14-4-3-12(16(18,19)20)9-11(14)10-17/h3-4,9,13H,2,5-8,10H2,1H3,(H,23,24). The fourth-order valence-corrected chi connectivity index (χ4v) is 3.36. The van der Waals surface area contributed by atoms with Crippen LogP contribution in [0.1, 0.15) is 30.9 Å². The predicted molar refractivity (Wildman–Crippen MR) is 86.6 cm³/mol. The van der Waals surface area contributed by atoms with Gasteiger partial charge in [-0.25, -0.2) is 4.79 Å². The van der Waals surface area contributed by atoms with Crippen LogP contribution in [0.15, 0.2) is 18.2 Å². The summed E-state index contributed by atoms with van der Waals surface area (Å²) in [6.45, 7) is 3.40. The summed E-state index contributed by atoms with van der Waals surface area (Å²) in [5.74, 6) is -0.0102. The van der Waals surface area contributed by atoms with Gasteiger partial charge in [0.15, 0.2) is 0 Å². The molecule has 0 bridgehead atoms. The van der Waals surface area contributed by atoms with Gasteiger partial charge in [-0.2, -0.15) is 13.2 Å². The first-order chi connectivity index (χ1) is 11.3. The van der Waals surface area contributed by atoms with Crippen molar-refractivity contribution in [2.45, 2.75) is 37.9 Å². The van der Waals surface area contributed by atoms with E-state index >= 15 is 0 Å². The van der Waals surface area contributed by atoms with Crippen molar-refractivity contribution in [2.24, 2.45) is 0 Å². The molecule has 1 N–H and O–H groups in total. The highest BCUT2D eigenvalue weighted by molar-refractivity contribution is 6.17. The Kier molecular flexibility index (Phi) is 5.85. The highest BCUT2D eigenvalue weighted by Crippen LogP contribution is 2.35. The Balaban J connectivity index is 2.23. The molecule has 1 aliphatic rings. The van der Waals surface area contributed by atoms with Crippen LogP contribution >= 0.6 is 11.6 Å². The summed E-state index contributed by atoms with van der Waals surface area (Å²) in [5, 5.41) is 9.01. The van der Waals surface area contributed by atoms with E-state index in [2.05, 4.69) is 0 Å². The molecule has 1 aromatic rings. The summed E-state index contributed by atoms with van der Waals surface area (Å²) in [6, 6.07) is 3.72. The van der Waals surface area contributed by atoms with Gasteiger partial charge in [-0.3, -0.25) is 0 Å². The van der Waals surface area contributed by atoms with Crippen LogP contribution in [0.2, 0.25) is 0 Å². The third kappa shape index (κ3) is 4.06. The summed E-state index contributed by atoms with van der Waals surface area (Å²) in [4.78, 5) is 14.4. The number of rotatable bonds is 4. The first-order valence-corrected chi connectivity index (χ1v) is 8.32. The van der Waals surface area contributed by atoms with E-state index < -0.39 is 17.8 Å². The zero-order valence-corrected chi connectivity index (χ0v) is 14.1. The Morgan fingerprint density at radius 2 is 2.00 bits per heavy atom. The molecule has 134 valence electrons. The summed E-state index contributed by atoms with van der Waals surface area (Å²) < 4.78 is 38.6. The van der Waals surface area contributed by atoms with Crippen molar-refractivity contribution in [3.63, 3.8) is 0 Å². The van der Waals surface area contributed by atoms with Crippen molar-refractivity contribution in [1.82, 2.24) is 4.90 Å². The van der Waals surface area contributed by atoms with Crippen LogP contribution in [-0.2, 0) is 12.1 Å². The minimum absolute atomic E-state index is 0.0102. The topological polar surface area (TPSA) is 43.8 Å². The van der Waals surface area contributed by atoms with Crippen LogP contribution < -0.4 is 4.90 Å². The zero-order chi connectivity index (χ0) is 17.9. The molecule has 0 aliphatic carbocycles. The maximum atomic E-state index is 12.9. The van der Waals surface area contributed by atoms with Gasteiger partial charge in [-0.05, 0) is 43.5 Å². The van der Waals surface area contributed by atoms with Crippen LogP contribution in [-0.4, -0.2) is 41.8 Å². The van der Waals surface area contributed by atoms with Crippen LogP contribution in [0, 0.1) is 0 Å². The van der Waals surface area contributed by atoms with Gasteiger partial charge in [-0.15, -0.1) is 11.6 Å². The van der Waals surface area contributed by atoms with Crippen molar-refractivity contribution in [3.05, 3.63) is 29.3 Å². The van der Waals surface area contributed by atoms with E-state index in [1.165, 1.54) is 11.0 Å². The third-order valence-corrected chi connectivity index (χ3v) is 4.66. The predicted octanol–water partition coefficient (Wildman–Crippen LogP) is 4.41. The lowest BCUT2D eigenvalue weighted by Gasteiger charge is -2.39. The van der Waals surface area contributed by atoms with Crippen LogP contribution in [0.3, 0.4) is 0 Å². The highest BCUT2D eigenvalue weighted by atomic mass is 35.5. The largest absolute Gasteiger partial charge is 0.465 e.